The lowest BCUT2D eigenvalue weighted by Crippen LogP contribution is -2.41. The lowest BCUT2D eigenvalue weighted by Gasteiger charge is -2.22. The summed E-state index contributed by atoms with van der Waals surface area (Å²) in [6.07, 6.45) is -0.508. The summed E-state index contributed by atoms with van der Waals surface area (Å²) in [5.74, 6) is -1.36. The zero-order valence-corrected chi connectivity index (χ0v) is 19.7. The van der Waals surface area contributed by atoms with Crippen LogP contribution in [0.1, 0.15) is 47.7 Å². The van der Waals surface area contributed by atoms with Gasteiger partial charge in [0.25, 0.3) is 0 Å². The highest BCUT2D eigenvalue weighted by Gasteiger charge is 2.29. The molecular weight excluding hydrogens is 444 g/mol. The number of amides is 2. The van der Waals surface area contributed by atoms with Gasteiger partial charge in [0, 0.05) is 24.1 Å². The van der Waals surface area contributed by atoms with Gasteiger partial charge in [0.2, 0.25) is 5.91 Å². The van der Waals surface area contributed by atoms with Gasteiger partial charge in [-0.25, -0.2) is 9.59 Å². The average Bonchev–Trinajstić information content (AvgIpc) is 3.16. The molecule has 0 aromatic heterocycles. The topological polar surface area (TPSA) is 105 Å². The Bertz CT molecular complexity index is 1190. The van der Waals surface area contributed by atoms with E-state index in [1.165, 1.54) is 24.3 Å². The van der Waals surface area contributed by atoms with Crippen LogP contribution in [-0.2, 0) is 9.53 Å². The molecule has 1 atom stereocenters. The molecule has 3 N–H and O–H groups in total. The second kappa shape index (κ2) is 10.4. The fourth-order valence-corrected chi connectivity index (χ4v) is 4.35. The second-order valence-electron chi connectivity index (χ2n) is 8.96. The minimum absolute atomic E-state index is 0.00406. The SMILES string of the molecule is CC(C)[C@H](CC(=O)Nc1ccc(C(=O)O)cc1)NC(=O)OCC1c2ccccc2-c2ccccc21. The molecule has 0 saturated heterocycles. The first kappa shape index (κ1) is 24.0. The molecule has 3 aromatic rings. The first-order valence-electron chi connectivity index (χ1n) is 11.6. The molecule has 1 aliphatic rings. The van der Waals surface area contributed by atoms with Gasteiger partial charge in [-0.1, -0.05) is 62.4 Å². The minimum atomic E-state index is -1.03. The number of hydrogen-bond acceptors (Lipinski definition) is 4. The van der Waals surface area contributed by atoms with Gasteiger partial charge in [-0.05, 0) is 52.4 Å². The average molecular weight is 473 g/mol. The molecule has 2 amide bonds. The first-order valence-corrected chi connectivity index (χ1v) is 11.6. The van der Waals surface area contributed by atoms with Gasteiger partial charge in [-0.3, -0.25) is 4.79 Å². The van der Waals surface area contributed by atoms with Crippen molar-refractivity contribution in [3.8, 4) is 11.1 Å². The van der Waals surface area contributed by atoms with E-state index < -0.39 is 18.1 Å². The van der Waals surface area contributed by atoms with Gasteiger partial charge in [0.1, 0.15) is 6.61 Å². The largest absolute Gasteiger partial charge is 0.478 e. The van der Waals surface area contributed by atoms with Crippen LogP contribution in [0.4, 0.5) is 10.5 Å². The summed E-state index contributed by atoms with van der Waals surface area (Å²) >= 11 is 0. The van der Waals surface area contributed by atoms with Crippen LogP contribution in [-0.4, -0.2) is 35.7 Å². The van der Waals surface area contributed by atoms with Crippen LogP contribution >= 0.6 is 0 Å². The van der Waals surface area contributed by atoms with Crippen LogP contribution in [0.25, 0.3) is 11.1 Å². The molecule has 0 fully saturated rings. The maximum Gasteiger partial charge on any atom is 0.407 e. The van der Waals surface area contributed by atoms with Crippen molar-refractivity contribution >= 4 is 23.7 Å². The van der Waals surface area contributed by atoms with Crippen molar-refractivity contribution < 1.29 is 24.2 Å². The Morgan fingerprint density at radius 2 is 1.46 bits per heavy atom. The third-order valence-corrected chi connectivity index (χ3v) is 6.27. The molecule has 1 aliphatic carbocycles. The molecule has 0 aliphatic heterocycles. The van der Waals surface area contributed by atoms with Crippen LogP contribution in [0, 0.1) is 5.92 Å². The number of carboxylic acids is 1. The third-order valence-electron chi connectivity index (χ3n) is 6.27. The number of fused-ring (bicyclic) bond motifs is 3. The second-order valence-corrected chi connectivity index (χ2v) is 8.96. The van der Waals surface area contributed by atoms with Crippen molar-refractivity contribution in [2.45, 2.75) is 32.2 Å². The molecule has 0 heterocycles. The van der Waals surface area contributed by atoms with Crippen molar-refractivity contribution in [1.29, 1.82) is 0 Å². The van der Waals surface area contributed by atoms with Gasteiger partial charge < -0.3 is 20.5 Å². The number of carboxylic acid groups (broad SMARTS) is 1. The zero-order valence-electron chi connectivity index (χ0n) is 19.7. The number of hydrogen-bond donors (Lipinski definition) is 3. The fourth-order valence-electron chi connectivity index (χ4n) is 4.35. The zero-order chi connectivity index (χ0) is 24.9. The summed E-state index contributed by atoms with van der Waals surface area (Å²) < 4.78 is 5.62. The van der Waals surface area contributed by atoms with Gasteiger partial charge in [-0.2, -0.15) is 0 Å². The van der Waals surface area contributed by atoms with Crippen LogP contribution in [0.2, 0.25) is 0 Å². The van der Waals surface area contributed by atoms with Gasteiger partial charge in [0.15, 0.2) is 0 Å². The van der Waals surface area contributed by atoms with Crippen LogP contribution < -0.4 is 10.6 Å². The maximum absolute atomic E-state index is 12.7. The predicted octanol–water partition coefficient (Wildman–Crippen LogP) is 5.28. The number of ether oxygens (including phenoxy) is 1. The molecule has 0 saturated carbocycles. The van der Waals surface area contributed by atoms with Gasteiger partial charge in [0.05, 0.1) is 5.56 Å². The Labute approximate surface area is 204 Å². The molecule has 0 radical (unpaired) electrons. The molecule has 35 heavy (non-hydrogen) atoms. The Hall–Kier alpha value is -4.13. The summed E-state index contributed by atoms with van der Waals surface area (Å²) in [5, 5.41) is 14.6. The number of carbonyl (C=O) groups is 3. The van der Waals surface area contributed by atoms with Crippen LogP contribution in [0.5, 0.6) is 0 Å². The molecule has 7 nitrogen and oxygen atoms in total. The molecule has 180 valence electrons. The quantitative estimate of drug-likeness (QED) is 0.414. The Morgan fingerprint density at radius 3 is 2.00 bits per heavy atom. The normalized spacial score (nSPS) is 13.0. The van der Waals surface area contributed by atoms with E-state index in [4.69, 9.17) is 9.84 Å². The highest BCUT2D eigenvalue weighted by molar-refractivity contribution is 5.93. The number of benzene rings is 3. The molecular formula is C28H28N2O5. The first-order chi connectivity index (χ1) is 16.8. The van der Waals surface area contributed by atoms with Crippen LogP contribution in [0.3, 0.4) is 0 Å². The lowest BCUT2D eigenvalue weighted by molar-refractivity contribution is -0.116. The number of nitrogens with one attached hydrogen (secondary N) is 2. The van der Waals surface area contributed by atoms with Crippen molar-refractivity contribution in [2.24, 2.45) is 5.92 Å². The molecule has 0 bridgehead atoms. The Balaban J connectivity index is 1.34. The maximum atomic E-state index is 12.7. The van der Waals surface area contributed by atoms with Crippen LogP contribution in [0.15, 0.2) is 72.8 Å². The minimum Gasteiger partial charge on any atom is -0.478 e. The van der Waals surface area contributed by atoms with E-state index in [-0.39, 0.29) is 36.3 Å². The van der Waals surface area contributed by atoms with E-state index in [0.29, 0.717) is 5.69 Å². The number of anilines is 1. The Kier molecular flexibility index (Phi) is 7.15. The molecule has 0 spiro atoms. The number of carbonyl (C=O) groups excluding carboxylic acids is 2. The van der Waals surface area contributed by atoms with Crippen molar-refractivity contribution in [3.05, 3.63) is 89.5 Å². The van der Waals surface area contributed by atoms with Crippen molar-refractivity contribution in [3.63, 3.8) is 0 Å². The summed E-state index contributed by atoms with van der Waals surface area (Å²) in [4.78, 5) is 36.2. The van der Waals surface area contributed by atoms with Gasteiger partial charge >= 0.3 is 12.1 Å². The van der Waals surface area contributed by atoms with E-state index in [1.54, 1.807) is 0 Å². The Morgan fingerprint density at radius 1 is 0.886 bits per heavy atom. The summed E-state index contributed by atoms with van der Waals surface area (Å²) in [6.45, 7) is 4.04. The van der Waals surface area contributed by atoms with E-state index in [0.717, 1.165) is 22.3 Å². The van der Waals surface area contributed by atoms with Gasteiger partial charge in [-0.15, -0.1) is 0 Å². The summed E-state index contributed by atoms with van der Waals surface area (Å²) in [6, 6.07) is 21.7. The number of rotatable bonds is 8. The third kappa shape index (κ3) is 5.51. The summed E-state index contributed by atoms with van der Waals surface area (Å²) in [7, 11) is 0. The highest BCUT2D eigenvalue weighted by Crippen LogP contribution is 2.44. The monoisotopic (exact) mass is 472 g/mol. The van der Waals surface area contributed by atoms with E-state index in [9.17, 15) is 14.4 Å². The smallest absolute Gasteiger partial charge is 0.407 e. The standard InChI is InChI=1S/C28H28N2O5/c1-17(2)25(15-26(31)29-19-13-11-18(12-14-19)27(32)33)30-28(34)35-16-24-22-9-5-3-7-20(22)21-8-4-6-10-23(21)24/h3-14,17,24-25H,15-16H2,1-2H3,(H,29,31)(H,30,34)(H,32,33)/t25-/m0/s1. The molecule has 0 unspecified atom stereocenters. The number of aromatic carboxylic acids is 1. The van der Waals surface area contributed by atoms with Crippen molar-refractivity contribution in [1.82, 2.24) is 5.32 Å². The van der Waals surface area contributed by atoms with Crippen molar-refractivity contribution in [2.75, 3.05) is 11.9 Å². The lowest BCUT2D eigenvalue weighted by atomic mass is 9.98. The number of alkyl carbamates (subject to hydrolysis) is 1. The summed E-state index contributed by atoms with van der Waals surface area (Å²) in [5.41, 5.74) is 5.21. The van der Waals surface area contributed by atoms with E-state index >= 15 is 0 Å². The van der Waals surface area contributed by atoms with E-state index in [1.807, 2.05) is 38.1 Å². The highest BCUT2D eigenvalue weighted by atomic mass is 16.5. The predicted molar refractivity (Wildman–Crippen MR) is 133 cm³/mol. The molecule has 4 rings (SSSR count). The molecule has 7 heteroatoms. The fraction of sp³-hybridized carbons (Fsp3) is 0.250. The van der Waals surface area contributed by atoms with E-state index in [2.05, 4.69) is 34.9 Å². The molecule has 3 aromatic carbocycles.